The average molecular weight is 594 g/mol. The Kier molecular flexibility index (Phi) is 10.5. The molecule has 2 aliphatic rings. The lowest BCUT2D eigenvalue weighted by Crippen LogP contribution is -2.44. The Morgan fingerprint density at radius 3 is 2.58 bits per heavy atom. The number of aliphatic hydroxyl groups is 2. The van der Waals surface area contributed by atoms with Gasteiger partial charge in [-0.25, -0.2) is 4.39 Å². The Morgan fingerprint density at radius 2 is 2.00 bits per heavy atom. The van der Waals surface area contributed by atoms with Crippen molar-refractivity contribution in [1.29, 1.82) is 0 Å². The zero-order chi connectivity index (χ0) is 25.0. The highest BCUT2D eigenvalue weighted by molar-refractivity contribution is 14.1. The van der Waals surface area contributed by atoms with Gasteiger partial charge in [0.15, 0.2) is 0 Å². The second kappa shape index (κ2) is 12.0. The molecule has 1 saturated carbocycles. The Labute approximate surface area is 206 Å². The van der Waals surface area contributed by atoms with E-state index in [-0.39, 0.29) is 29.2 Å². The topological polar surface area (TPSA) is 76.0 Å². The van der Waals surface area contributed by atoms with Crippen LogP contribution in [-0.2, 0) is 14.3 Å². The Bertz CT molecular complexity index is 676. The number of hydrogen-bond acceptors (Lipinski definition) is 5. The molecule has 0 amide bonds. The normalized spacial score (nSPS) is 33.6. The van der Waals surface area contributed by atoms with Gasteiger partial charge in [0.25, 0.3) is 0 Å². The third-order valence-electron chi connectivity index (χ3n) is 7.12. The second-order valence-electron chi connectivity index (χ2n) is 9.37. The monoisotopic (exact) mass is 594 g/mol. The first kappa shape index (κ1) is 28.8. The van der Waals surface area contributed by atoms with Gasteiger partial charge in [0, 0.05) is 28.6 Å². The van der Waals surface area contributed by atoms with Gasteiger partial charge in [0.05, 0.1) is 30.8 Å². The minimum atomic E-state index is -4.61. The summed E-state index contributed by atoms with van der Waals surface area (Å²) in [6.07, 6.45) is -5.51. The van der Waals surface area contributed by atoms with Crippen molar-refractivity contribution in [2.75, 3.05) is 7.11 Å². The maximum Gasteiger partial charge on any atom is 0.397 e. The van der Waals surface area contributed by atoms with E-state index < -0.39 is 54.0 Å². The van der Waals surface area contributed by atoms with E-state index in [0.29, 0.717) is 25.7 Å². The van der Waals surface area contributed by atoms with Gasteiger partial charge in [0.2, 0.25) is 0 Å². The Balaban J connectivity index is 2.07. The standard InChI is InChI=1S/C23H35F4IO5/c1-4-5-11-22(2,23(25,26)27)17(30)10-9-13-15(29)12-16-19(13)20(24)21(33-16)14(28)7-6-8-18(31)32-3/h9-10,13-17,19-21,29-30H,4-8,11-12H2,1-3H3/b10-9+/t13-,14?,15+,16+,17+,19+,20?,21-,22?/m0/s1. The summed E-state index contributed by atoms with van der Waals surface area (Å²) in [6.45, 7) is 2.77. The summed E-state index contributed by atoms with van der Waals surface area (Å²) in [4.78, 5) is 11.3. The summed E-state index contributed by atoms with van der Waals surface area (Å²) >= 11 is 2.09. The van der Waals surface area contributed by atoms with Crippen molar-refractivity contribution < 1.29 is 42.0 Å². The van der Waals surface area contributed by atoms with E-state index in [9.17, 15) is 28.2 Å². The number of hydrogen-bond donors (Lipinski definition) is 2. The predicted molar refractivity (Wildman–Crippen MR) is 124 cm³/mol. The average Bonchev–Trinajstić information content (AvgIpc) is 3.23. The van der Waals surface area contributed by atoms with E-state index in [1.807, 2.05) is 0 Å². The summed E-state index contributed by atoms with van der Waals surface area (Å²) in [5, 5.41) is 20.9. The van der Waals surface area contributed by atoms with E-state index in [4.69, 9.17) is 4.74 Å². The second-order valence-corrected chi connectivity index (χ2v) is 11.0. The van der Waals surface area contributed by atoms with Crippen LogP contribution >= 0.6 is 22.6 Å². The van der Waals surface area contributed by atoms with E-state index in [1.165, 1.54) is 13.2 Å². The lowest BCUT2D eigenvalue weighted by molar-refractivity contribution is -0.244. The number of unbranched alkanes of at least 4 members (excludes halogenated alkanes) is 1. The molecule has 1 saturated heterocycles. The van der Waals surface area contributed by atoms with E-state index >= 15 is 4.39 Å². The van der Waals surface area contributed by atoms with Crippen LogP contribution in [0.5, 0.6) is 0 Å². The molecule has 192 valence electrons. The lowest BCUT2D eigenvalue weighted by atomic mass is 9.77. The van der Waals surface area contributed by atoms with Crippen LogP contribution in [0, 0.1) is 17.3 Å². The molecule has 5 nitrogen and oxygen atoms in total. The SMILES string of the molecule is CCCCC(C)([C@H](O)/C=C/[C@@H]1[C@H]2C(F)[C@H](C(I)CCCC(=O)OC)O[C@@H]2C[C@H]1O)C(F)(F)F. The van der Waals surface area contributed by atoms with Gasteiger partial charge in [-0.05, 0) is 26.2 Å². The maximum atomic E-state index is 15.4. The van der Waals surface area contributed by atoms with Crippen LogP contribution in [0.4, 0.5) is 17.6 Å². The number of alkyl halides is 5. The summed E-state index contributed by atoms with van der Waals surface area (Å²) < 4.78 is 66.7. The number of esters is 1. The number of aliphatic hydroxyl groups excluding tert-OH is 2. The molecule has 2 N–H and O–H groups in total. The first-order valence-electron chi connectivity index (χ1n) is 11.5. The molecule has 0 aromatic heterocycles. The fourth-order valence-corrected chi connectivity index (χ4v) is 5.82. The smallest absolute Gasteiger partial charge is 0.397 e. The molecule has 2 rings (SSSR count). The molecule has 1 aliphatic carbocycles. The minimum absolute atomic E-state index is 0.185. The summed E-state index contributed by atoms with van der Waals surface area (Å²) in [5.41, 5.74) is -2.32. The number of fused-ring (bicyclic) bond motifs is 1. The summed E-state index contributed by atoms with van der Waals surface area (Å²) in [5.74, 6) is -1.78. The van der Waals surface area contributed by atoms with Crippen molar-refractivity contribution >= 4 is 28.6 Å². The van der Waals surface area contributed by atoms with Crippen LogP contribution < -0.4 is 0 Å². The van der Waals surface area contributed by atoms with Crippen LogP contribution in [0.2, 0.25) is 0 Å². The zero-order valence-electron chi connectivity index (χ0n) is 19.2. The van der Waals surface area contributed by atoms with Gasteiger partial charge in [-0.3, -0.25) is 4.79 Å². The molecule has 0 aromatic carbocycles. The number of halogens is 5. The molecule has 1 aliphatic heterocycles. The number of rotatable bonds is 11. The van der Waals surface area contributed by atoms with Crippen LogP contribution in [0.1, 0.15) is 58.8 Å². The van der Waals surface area contributed by atoms with Crippen molar-refractivity contribution in [2.45, 2.75) is 99.5 Å². The molecule has 33 heavy (non-hydrogen) atoms. The first-order chi connectivity index (χ1) is 15.4. The molecular weight excluding hydrogens is 559 g/mol. The molecule has 10 heteroatoms. The molecule has 0 aromatic rings. The summed E-state index contributed by atoms with van der Waals surface area (Å²) in [6, 6.07) is 0. The summed E-state index contributed by atoms with van der Waals surface area (Å²) in [7, 11) is 1.31. The molecule has 2 fully saturated rings. The third kappa shape index (κ3) is 6.61. The number of ether oxygens (including phenoxy) is 2. The van der Waals surface area contributed by atoms with Crippen molar-refractivity contribution in [2.24, 2.45) is 17.3 Å². The quantitative estimate of drug-likeness (QED) is 0.117. The van der Waals surface area contributed by atoms with Gasteiger partial charge in [-0.15, -0.1) is 0 Å². The van der Waals surface area contributed by atoms with Gasteiger partial charge in [-0.1, -0.05) is 54.5 Å². The highest BCUT2D eigenvalue weighted by atomic mass is 127. The largest absolute Gasteiger partial charge is 0.469 e. The van der Waals surface area contributed by atoms with E-state index in [0.717, 1.165) is 13.0 Å². The fourth-order valence-electron chi connectivity index (χ4n) is 4.81. The van der Waals surface area contributed by atoms with E-state index in [1.54, 1.807) is 6.92 Å². The van der Waals surface area contributed by atoms with Crippen molar-refractivity contribution in [3.05, 3.63) is 12.2 Å². The number of carbonyl (C=O) groups is 1. The zero-order valence-corrected chi connectivity index (χ0v) is 21.4. The van der Waals surface area contributed by atoms with E-state index in [2.05, 4.69) is 27.3 Å². The molecular formula is C23H35F4IO5. The van der Waals surface area contributed by atoms with Gasteiger partial charge in [0.1, 0.15) is 12.3 Å². The Hall–Kier alpha value is -0.460. The molecule has 0 radical (unpaired) electrons. The van der Waals surface area contributed by atoms with Crippen molar-refractivity contribution in [3.63, 3.8) is 0 Å². The number of methoxy groups -OCH3 is 1. The molecule has 3 unspecified atom stereocenters. The first-order valence-corrected chi connectivity index (χ1v) is 12.7. The number of carbonyl (C=O) groups excluding carboxylic acids is 1. The fraction of sp³-hybridized carbons (Fsp3) is 0.870. The van der Waals surface area contributed by atoms with Gasteiger partial charge < -0.3 is 19.7 Å². The minimum Gasteiger partial charge on any atom is -0.469 e. The molecule has 0 bridgehead atoms. The van der Waals surface area contributed by atoms with Crippen LogP contribution in [0.15, 0.2) is 12.2 Å². The highest BCUT2D eigenvalue weighted by Crippen LogP contribution is 2.49. The maximum absolute atomic E-state index is 15.4. The predicted octanol–water partition coefficient (Wildman–Crippen LogP) is 4.91. The van der Waals surface area contributed by atoms with Gasteiger partial charge in [-0.2, -0.15) is 13.2 Å². The lowest BCUT2D eigenvalue weighted by Gasteiger charge is -2.35. The molecule has 9 atom stereocenters. The van der Waals surface area contributed by atoms with Crippen molar-refractivity contribution in [3.8, 4) is 0 Å². The third-order valence-corrected chi connectivity index (χ3v) is 8.45. The molecule has 0 spiro atoms. The van der Waals surface area contributed by atoms with Crippen LogP contribution in [0.25, 0.3) is 0 Å². The van der Waals surface area contributed by atoms with Crippen molar-refractivity contribution in [1.82, 2.24) is 0 Å². The molecule has 1 heterocycles. The van der Waals surface area contributed by atoms with Crippen LogP contribution in [-0.4, -0.2) is 64.0 Å². The highest BCUT2D eigenvalue weighted by Gasteiger charge is 2.57. The Morgan fingerprint density at radius 1 is 1.33 bits per heavy atom. The van der Waals surface area contributed by atoms with Gasteiger partial charge >= 0.3 is 12.1 Å². The van der Waals surface area contributed by atoms with Crippen LogP contribution in [0.3, 0.4) is 0 Å².